The van der Waals surface area contributed by atoms with Crippen LogP contribution in [0.15, 0.2) is 48.7 Å². The molecule has 0 saturated heterocycles. The number of fused-ring (bicyclic) bond motifs is 2. The summed E-state index contributed by atoms with van der Waals surface area (Å²) in [5, 5.41) is 7.49. The number of imidazole rings is 1. The highest BCUT2D eigenvalue weighted by Crippen LogP contribution is 2.21. The lowest BCUT2D eigenvalue weighted by Gasteiger charge is -1.98. The maximum atomic E-state index is 7.49. The van der Waals surface area contributed by atoms with E-state index in [2.05, 4.69) is 19.9 Å². The van der Waals surface area contributed by atoms with Crippen molar-refractivity contribution in [3.8, 4) is 11.5 Å². The van der Waals surface area contributed by atoms with E-state index in [9.17, 15) is 0 Å². The van der Waals surface area contributed by atoms with Crippen LogP contribution in [0.5, 0.6) is 0 Å². The lowest BCUT2D eigenvalue weighted by molar-refractivity contribution is 1.22. The Morgan fingerprint density at radius 2 is 1.82 bits per heavy atom. The van der Waals surface area contributed by atoms with Crippen molar-refractivity contribution in [1.29, 1.82) is 5.41 Å². The molecule has 2 heterocycles. The molecule has 6 nitrogen and oxygen atoms in total. The fraction of sp³-hybridized carbons (Fsp3) is 0. The molecule has 0 saturated carbocycles. The smallest absolute Gasteiger partial charge is 0.158 e. The summed E-state index contributed by atoms with van der Waals surface area (Å²) in [7, 11) is 0. The van der Waals surface area contributed by atoms with Crippen molar-refractivity contribution < 1.29 is 0 Å². The molecular weight excluding hydrogens is 276 g/mol. The number of hydrogen-bond donors (Lipinski definition) is 3. The molecule has 0 aliphatic heterocycles. The molecule has 6 heteroatoms. The normalized spacial score (nSPS) is 11.1. The predicted octanol–water partition coefficient (Wildman–Crippen LogP) is 2.46. The maximum Gasteiger partial charge on any atom is 0.158 e. The van der Waals surface area contributed by atoms with Gasteiger partial charge in [-0.25, -0.2) is 9.97 Å². The van der Waals surface area contributed by atoms with Crippen LogP contribution in [0, 0.1) is 5.41 Å². The zero-order valence-corrected chi connectivity index (χ0v) is 11.5. The van der Waals surface area contributed by atoms with Crippen LogP contribution in [-0.4, -0.2) is 25.8 Å². The van der Waals surface area contributed by atoms with Gasteiger partial charge in [0.2, 0.25) is 0 Å². The number of amidine groups is 1. The van der Waals surface area contributed by atoms with Crippen LogP contribution in [-0.2, 0) is 0 Å². The molecule has 0 radical (unpaired) electrons. The summed E-state index contributed by atoms with van der Waals surface area (Å²) < 4.78 is 0. The molecule has 22 heavy (non-hydrogen) atoms. The molecule has 0 atom stereocenters. The summed E-state index contributed by atoms with van der Waals surface area (Å²) in [4.78, 5) is 16.7. The van der Waals surface area contributed by atoms with Gasteiger partial charge in [-0.1, -0.05) is 12.1 Å². The van der Waals surface area contributed by atoms with Crippen molar-refractivity contribution in [2.45, 2.75) is 0 Å². The number of nitrogens with one attached hydrogen (secondary N) is 2. The monoisotopic (exact) mass is 288 g/mol. The number of para-hydroxylation sites is 2. The van der Waals surface area contributed by atoms with Crippen LogP contribution in [0.3, 0.4) is 0 Å². The minimum atomic E-state index is 0.0311. The summed E-state index contributed by atoms with van der Waals surface area (Å²) in [6, 6.07) is 13.1. The summed E-state index contributed by atoms with van der Waals surface area (Å²) in [6.45, 7) is 0. The molecule has 4 N–H and O–H groups in total. The number of nitrogens with two attached hydrogens (primary N) is 1. The van der Waals surface area contributed by atoms with Gasteiger partial charge in [-0.3, -0.25) is 10.4 Å². The zero-order chi connectivity index (χ0) is 15.1. The number of benzene rings is 2. The zero-order valence-electron chi connectivity index (χ0n) is 11.5. The van der Waals surface area contributed by atoms with Crippen LogP contribution in [0.25, 0.3) is 33.6 Å². The van der Waals surface area contributed by atoms with Gasteiger partial charge in [0.15, 0.2) is 5.82 Å². The van der Waals surface area contributed by atoms with E-state index in [4.69, 9.17) is 11.1 Å². The molecule has 2 aromatic heterocycles. The Labute approximate surface area is 125 Å². The van der Waals surface area contributed by atoms with E-state index in [1.54, 1.807) is 12.3 Å². The summed E-state index contributed by atoms with van der Waals surface area (Å²) in [6.07, 6.45) is 1.70. The molecule has 0 amide bonds. The Hall–Kier alpha value is -3.28. The SMILES string of the molecule is N=C(N)c1ccc2nc(-c3cnc4ccccc4n3)[nH]c2c1. The van der Waals surface area contributed by atoms with Gasteiger partial charge in [-0.05, 0) is 30.3 Å². The molecule has 0 aliphatic rings. The van der Waals surface area contributed by atoms with Crippen molar-refractivity contribution in [3.63, 3.8) is 0 Å². The first-order valence-electron chi connectivity index (χ1n) is 6.77. The largest absolute Gasteiger partial charge is 0.384 e. The van der Waals surface area contributed by atoms with Crippen molar-refractivity contribution in [3.05, 3.63) is 54.2 Å². The Balaban J connectivity index is 1.86. The van der Waals surface area contributed by atoms with Crippen molar-refractivity contribution in [2.75, 3.05) is 0 Å². The maximum absolute atomic E-state index is 7.49. The van der Waals surface area contributed by atoms with Crippen LogP contribution in [0.1, 0.15) is 5.56 Å². The van der Waals surface area contributed by atoms with E-state index >= 15 is 0 Å². The molecular formula is C16H12N6. The minimum absolute atomic E-state index is 0.0311. The van der Waals surface area contributed by atoms with Gasteiger partial charge in [-0.2, -0.15) is 0 Å². The van der Waals surface area contributed by atoms with Crippen LogP contribution in [0.4, 0.5) is 0 Å². The van der Waals surface area contributed by atoms with Crippen molar-refractivity contribution in [2.24, 2.45) is 5.73 Å². The van der Waals surface area contributed by atoms with E-state index in [0.29, 0.717) is 17.1 Å². The Bertz CT molecular complexity index is 1020. The van der Waals surface area contributed by atoms with Crippen LogP contribution >= 0.6 is 0 Å². The minimum Gasteiger partial charge on any atom is -0.384 e. The second-order valence-corrected chi connectivity index (χ2v) is 4.97. The molecule has 0 spiro atoms. The van der Waals surface area contributed by atoms with E-state index < -0.39 is 0 Å². The van der Waals surface area contributed by atoms with E-state index in [0.717, 1.165) is 22.1 Å². The van der Waals surface area contributed by atoms with Crippen LogP contribution in [0.2, 0.25) is 0 Å². The van der Waals surface area contributed by atoms with Crippen molar-refractivity contribution in [1.82, 2.24) is 19.9 Å². The first kappa shape index (κ1) is 12.5. The Kier molecular flexibility index (Phi) is 2.62. The van der Waals surface area contributed by atoms with Gasteiger partial charge in [0.25, 0.3) is 0 Å². The van der Waals surface area contributed by atoms with E-state index in [1.807, 2.05) is 36.4 Å². The highest BCUT2D eigenvalue weighted by Gasteiger charge is 2.09. The number of H-pyrrole nitrogens is 1. The lowest BCUT2D eigenvalue weighted by atomic mass is 10.2. The van der Waals surface area contributed by atoms with Crippen LogP contribution < -0.4 is 5.73 Å². The fourth-order valence-corrected chi connectivity index (χ4v) is 2.37. The lowest BCUT2D eigenvalue weighted by Crippen LogP contribution is -2.10. The molecule has 106 valence electrons. The summed E-state index contributed by atoms with van der Waals surface area (Å²) in [5.41, 5.74) is 10.1. The fourth-order valence-electron chi connectivity index (χ4n) is 2.37. The number of hydrogen-bond acceptors (Lipinski definition) is 4. The van der Waals surface area contributed by atoms with Gasteiger partial charge in [0.1, 0.15) is 11.5 Å². The third-order valence-electron chi connectivity index (χ3n) is 3.48. The molecule has 2 aromatic carbocycles. The van der Waals surface area contributed by atoms with Crippen molar-refractivity contribution >= 4 is 27.9 Å². The average Bonchev–Trinajstić information content (AvgIpc) is 2.97. The molecule has 4 aromatic rings. The first-order valence-corrected chi connectivity index (χ1v) is 6.77. The quantitative estimate of drug-likeness (QED) is 0.389. The van der Waals surface area contributed by atoms with E-state index in [-0.39, 0.29) is 5.84 Å². The topological polar surface area (TPSA) is 104 Å². The van der Waals surface area contributed by atoms with E-state index in [1.165, 1.54) is 0 Å². The number of aromatic amines is 1. The third kappa shape index (κ3) is 1.98. The van der Waals surface area contributed by atoms with Gasteiger partial charge in [-0.15, -0.1) is 0 Å². The second kappa shape index (κ2) is 4.63. The molecule has 0 unspecified atom stereocenters. The molecule has 0 bridgehead atoms. The summed E-state index contributed by atoms with van der Waals surface area (Å²) in [5.74, 6) is 0.678. The van der Waals surface area contributed by atoms with Gasteiger partial charge < -0.3 is 10.7 Å². The number of nitrogen functional groups attached to an aromatic ring is 1. The number of rotatable bonds is 2. The number of nitrogens with zero attached hydrogens (tertiary/aromatic N) is 3. The summed E-state index contributed by atoms with van der Waals surface area (Å²) >= 11 is 0. The van der Waals surface area contributed by atoms with Gasteiger partial charge >= 0.3 is 0 Å². The predicted molar refractivity (Wildman–Crippen MR) is 85.6 cm³/mol. The average molecular weight is 288 g/mol. The standard InChI is InChI=1S/C16H12N6/c17-15(18)9-5-6-12-13(7-9)22-16(21-12)14-8-19-10-3-1-2-4-11(10)20-14/h1-8H,(H3,17,18)(H,21,22). The van der Waals surface area contributed by atoms with Gasteiger partial charge in [0, 0.05) is 5.56 Å². The highest BCUT2D eigenvalue weighted by atomic mass is 15.0. The molecule has 0 fully saturated rings. The third-order valence-corrected chi connectivity index (χ3v) is 3.48. The second-order valence-electron chi connectivity index (χ2n) is 4.97. The first-order chi connectivity index (χ1) is 10.7. The highest BCUT2D eigenvalue weighted by molar-refractivity contribution is 5.98. The Morgan fingerprint density at radius 3 is 2.64 bits per heavy atom. The number of aromatic nitrogens is 4. The Morgan fingerprint density at radius 1 is 1.00 bits per heavy atom. The van der Waals surface area contributed by atoms with Gasteiger partial charge in [0.05, 0.1) is 28.3 Å². The molecule has 4 rings (SSSR count). The molecule has 0 aliphatic carbocycles.